The van der Waals surface area contributed by atoms with Gasteiger partial charge in [0.2, 0.25) is 0 Å². The average Bonchev–Trinajstić information content (AvgIpc) is 3.60. The Morgan fingerprint density at radius 2 is 1.75 bits per heavy atom. The molecular weight excluding hydrogens is 446 g/mol. The van der Waals surface area contributed by atoms with Crippen molar-refractivity contribution >= 4 is 17.7 Å². The van der Waals surface area contributed by atoms with E-state index in [9.17, 15) is 4.79 Å². The smallest absolute Gasteiger partial charge is 0.328 e. The van der Waals surface area contributed by atoms with Gasteiger partial charge >= 0.3 is 5.97 Å². The maximum atomic E-state index is 10.9. The molecule has 0 saturated heterocycles. The van der Waals surface area contributed by atoms with Crippen LogP contribution < -0.4 is 4.90 Å². The minimum atomic E-state index is -0.941. The van der Waals surface area contributed by atoms with E-state index in [1.807, 2.05) is 24.5 Å². The second-order valence-corrected chi connectivity index (χ2v) is 9.97. The fourth-order valence-corrected chi connectivity index (χ4v) is 5.49. The van der Waals surface area contributed by atoms with Crippen molar-refractivity contribution in [3.05, 3.63) is 113 Å². The standard InChI is InChI=1S/C31H29N3O2/c1-20-16-26-17-25(27-18-32-33-19-27)11-14-29(26)31(24-5-2-21(3-6-24)4-15-30(35)36)34(20)28-12-9-23(10-13-28)22-7-8-22/h2-6,9-15,17-20,22,31H,7-8,16H2,1H3,(H,32,33)(H,35,36)/b15-4+/t20-,31-/m1/s1. The minimum absolute atomic E-state index is 0.0615. The van der Waals surface area contributed by atoms with E-state index < -0.39 is 5.97 Å². The lowest BCUT2D eigenvalue weighted by atomic mass is 9.83. The Balaban J connectivity index is 1.42. The first-order valence-corrected chi connectivity index (χ1v) is 12.6. The molecule has 36 heavy (non-hydrogen) atoms. The van der Waals surface area contributed by atoms with Crippen LogP contribution in [0.2, 0.25) is 0 Å². The van der Waals surface area contributed by atoms with Gasteiger partial charge in [-0.15, -0.1) is 0 Å². The van der Waals surface area contributed by atoms with Crippen molar-refractivity contribution in [3.8, 4) is 11.1 Å². The van der Waals surface area contributed by atoms with Crippen molar-refractivity contribution in [1.82, 2.24) is 10.2 Å². The summed E-state index contributed by atoms with van der Waals surface area (Å²) < 4.78 is 0. The number of carboxylic acid groups (broad SMARTS) is 1. The van der Waals surface area contributed by atoms with Crippen molar-refractivity contribution in [2.75, 3.05) is 4.90 Å². The first-order valence-electron chi connectivity index (χ1n) is 12.6. The summed E-state index contributed by atoms with van der Waals surface area (Å²) in [5, 5.41) is 16.0. The Kier molecular flexibility index (Phi) is 5.68. The number of nitrogens with zero attached hydrogens (tertiary/aromatic N) is 2. The lowest BCUT2D eigenvalue weighted by Gasteiger charge is -2.44. The quantitative estimate of drug-likeness (QED) is 0.309. The highest BCUT2D eigenvalue weighted by atomic mass is 16.4. The molecule has 0 amide bonds. The largest absolute Gasteiger partial charge is 0.478 e. The van der Waals surface area contributed by atoms with Gasteiger partial charge in [-0.05, 0) is 83.7 Å². The van der Waals surface area contributed by atoms with Crippen LogP contribution in [0.15, 0.2) is 85.2 Å². The van der Waals surface area contributed by atoms with Crippen LogP contribution in [0.25, 0.3) is 17.2 Å². The average molecular weight is 476 g/mol. The van der Waals surface area contributed by atoms with Crippen LogP contribution in [0.1, 0.15) is 59.5 Å². The van der Waals surface area contributed by atoms with E-state index in [0.29, 0.717) is 6.04 Å². The summed E-state index contributed by atoms with van der Waals surface area (Å²) in [6.45, 7) is 2.30. The van der Waals surface area contributed by atoms with Crippen LogP contribution in [0.4, 0.5) is 5.69 Å². The lowest BCUT2D eigenvalue weighted by Crippen LogP contribution is -2.42. The molecule has 1 aliphatic heterocycles. The van der Waals surface area contributed by atoms with Gasteiger partial charge in [0.25, 0.3) is 0 Å². The number of benzene rings is 3. The Morgan fingerprint density at radius 3 is 2.42 bits per heavy atom. The molecule has 1 fully saturated rings. The molecule has 0 unspecified atom stereocenters. The second kappa shape index (κ2) is 9.15. The number of nitrogens with one attached hydrogen (secondary N) is 1. The number of carboxylic acids is 1. The van der Waals surface area contributed by atoms with Gasteiger partial charge < -0.3 is 10.0 Å². The minimum Gasteiger partial charge on any atom is -0.478 e. The van der Waals surface area contributed by atoms with E-state index in [-0.39, 0.29) is 6.04 Å². The van der Waals surface area contributed by atoms with Crippen molar-refractivity contribution < 1.29 is 9.90 Å². The van der Waals surface area contributed by atoms with Gasteiger partial charge in [-0.2, -0.15) is 5.10 Å². The fraction of sp³-hybridized carbons (Fsp3) is 0.226. The third-order valence-corrected chi connectivity index (χ3v) is 7.45. The molecule has 5 heteroatoms. The molecule has 6 rings (SSSR count). The Labute approximate surface area is 211 Å². The molecule has 5 nitrogen and oxygen atoms in total. The summed E-state index contributed by atoms with van der Waals surface area (Å²) in [5.74, 6) is -0.203. The molecule has 1 saturated carbocycles. The number of fused-ring (bicyclic) bond motifs is 1. The number of hydrogen-bond donors (Lipinski definition) is 2. The SMILES string of the molecule is C[C@@H]1Cc2cc(-c3cn[nH]c3)ccc2[C@@H](c2ccc(/C=C/C(=O)O)cc2)N1c1ccc(C2CC2)cc1. The molecule has 0 bridgehead atoms. The van der Waals surface area contributed by atoms with Crippen LogP contribution in [0, 0.1) is 0 Å². The van der Waals surface area contributed by atoms with Gasteiger partial charge in [0.15, 0.2) is 0 Å². The summed E-state index contributed by atoms with van der Waals surface area (Å²) in [7, 11) is 0. The van der Waals surface area contributed by atoms with Gasteiger partial charge in [0.05, 0.1) is 12.2 Å². The Bertz CT molecular complexity index is 1400. The molecule has 2 N–H and O–H groups in total. The lowest BCUT2D eigenvalue weighted by molar-refractivity contribution is -0.131. The van der Waals surface area contributed by atoms with Gasteiger partial charge in [-0.1, -0.05) is 54.6 Å². The molecule has 0 spiro atoms. The highest BCUT2D eigenvalue weighted by molar-refractivity contribution is 5.85. The summed E-state index contributed by atoms with van der Waals surface area (Å²) in [6.07, 6.45) is 10.2. The Hall–Kier alpha value is -4.12. The van der Waals surface area contributed by atoms with Crippen molar-refractivity contribution in [2.24, 2.45) is 0 Å². The second-order valence-electron chi connectivity index (χ2n) is 9.97. The number of aromatic nitrogens is 2. The first kappa shape index (κ1) is 22.4. The number of aromatic amines is 1. The number of aliphatic carboxylic acids is 1. The molecule has 3 aromatic carbocycles. The molecule has 4 aromatic rings. The van der Waals surface area contributed by atoms with E-state index in [4.69, 9.17) is 5.11 Å². The topological polar surface area (TPSA) is 69.2 Å². The highest BCUT2D eigenvalue weighted by Gasteiger charge is 2.34. The van der Waals surface area contributed by atoms with Crippen molar-refractivity contribution in [2.45, 2.75) is 44.2 Å². The van der Waals surface area contributed by atoms with E-state index in [1.54, 1.807) is 6.08 Å². The third kappa shape index (κ3) is 4.33. The summed E-state index contributed by atoms with van der Waals surface area (Å²) in [6, 6.07) is 24.5. The van der Waals surface area contributed by atoms with Crippen LogP contribution in [-0.4, -0.2) is 27.3 Å². The normalized spacial score (nSPS) is 19.4. The van der Waals surface area contributed by atoms with E-state index >= 15 is 0 Å². The molecule has 2 aliphatic rings. The number of carbonyl (C=O) groups is 1. The zero-order chi connectivity index (χ0) is 24.6. The van der Waals surface area contributed by atoms with E-state index in [0.717, 1.165) is 23.5 Å². The van der Waals surface area contributed by atoms with Gasteiger partial charge in [-0.25, -0.2) is 4.79 Å². The molecule has 1 aliphatic carbocycles. The van der Waals surface area contributed by atoms with Gasteiger partial charge in [-0.3, -0.25) is 5.10 Å². The van der Waals surface area contributed by atoms with Crippen molar-refractivity contribution in [1.29, 1.82) is 0 Å². The number of anilines is 1. The van der Waals surface area contributed by atoms with Gasteiger partial charge in [0, 0.05) is 29.6 Å². The predicted molar refractivity (Wildman–Crippen MR) is 143 cm³/mol. The number of H-pyrrole nitrogens is 1. The van der Waals surface area contributed by atoms with E-state index in [1.165, 1.54) is 52.4 Å². The van der Waals surface area contributed by atoms with Gasteiger partial charge in [0.1, 0.15) is 0 Å². The molecule has 2 atom stereocenters. The maximum absolute atomic E-state index is 10.9. The number of rotatable bonds is 6. The summed E-state index contributed by atoms with van der Waals surface area (Å²) in [5.41, 5.74) is 9.67. The molecule has 0 radical (unpaired) electrons. The van der Waals surface area contributed by atoms with Crippen molar-refractivity contribution in [3.63, 3.8) is 0 Å². The maximum Gasteiger partial charge on any atom is 0.328 e. The fourth-order valence-electron chi connectivity index (χ4n) is 5.49. The highest BCUT2D eigenvalue weighted by Crippen LogP contribution is 2.44. The molecule has 180 valence electrons. The Morgan fingerprint density at radius 1 is 1.00 bits per heavy atom. The zero-order valence-electron chi connectivity index (χ0n) is 20.3. The van der Waals surface area contributed by atoms with Crippen LogP contribution >= 0.6 is 0 Å². The molecular formula is C31H29N3O2. The first-order chi connectivity index (χ1) is 17.6. The van der Waals surface area contributed by atoms with Crippen LogP contribution in [0.5, 0.6) is 0 Å². The van der Waals surface area contributed by atoms with Crippen LogP contribution in [0.3, 0.4) is 0 Å². The third-order valence-electron chi connectivity index (χ3n) is 7.45. The molecule has 1 aromatic heterocycles. The summed E-state index contributed by atoms with van der Waals surface area (Å²) >= 11 is 0. The van der Waals surface area contributed by atoms with Crippen LogP contribution in [-0.2, 0) is 11.2 Å². The summed E-state index contributed by atoms with van der Waals surface area (Å²) in [4.78, 5) is 13.5. The predicted octanol–water partition coefficient (Wildman–Crippen LogP) is 6.59. The number of hydrogen-bond acceptors (Lipinski definition) is 3. The zero-order valence-corrected chi connectivity index (χ0v) is 20.3. The molecule has 2 heterocycles. The van der Waals surface area contributed by atoms with E-state index in [2.05, 4.69) is 76.6 Å². The monoisotopic (exact) mass is 475 g/mol.